The minimum Gasteiger partial charge on any atom is -0.363 e. The first kappa shape index (κ1) is 22.7. The van der Waals surface area contributed by atoms with Gasteiger partial charge in [0, 0.05) is 36.7 Å². The number of hydrogen-bond donors (Lipinski definition) is 2. The third kappa shape index (κ3) is 4.78. The van der Waals surface area contributed by atoms with Gasteiger partial charge in [-0.3, -0.25) is 4.79 Å². The van der Waals surface area contributed by atoms with E-state index in [4.69, 9.17) is 5.73 Å². The maximum Gasteiger partial charge on any atom is 0.321 e. The van der Waals surface area contributed by atoms with Gasteiger partial charge in [0.05, 0.1) is 5.39 Å². The summed E-state index contributed by atoms with van der Waals surface area (Å²) in [5.74, 6) is -0.469. The number of primary amides is 1. The number of carbonyl (C=O) groups is 2. The molecule has 178 valence electrons. The van der Waals surface area contributed by atoms with Crippen LogP contribution < -0.4 is 16.0 Å². The van der Waals surface area contributed by atoms with Crippen LogP contribution >= 0.6 is 11.3 Å². The quantitative estimate of drug-likeness (QED) is 0.445. The van der Waals surface area contributed by atoms with E-state index in [9.17, 15) is 14.0 Å². The number of nitrogens with zero attached hydrogens (tertiary/aromatic N) is 4. The first-order chi connectivity index (χ1) is 16.9. The van der Waals surface area contributed by atoms with Crippen molar-refractivity contribution >= 4 is 45.0 Å². The number of aryl methyl sites for hydroxylation is 1. The summed E-state index contributed by atoms with van der Waals surface area (Å²) >= 11 is 1.39. The average Bonchev–Trinajstić information content (AvgIpc) is 3.28. The van der Waals surface area contributed by atoms with E-state index >= 15 is 0 Å². The molecule has 8 nitrogen and oxygen atoms in total. The maximum absolute atomic E-state index is 13.4. The van der Waals surface area contributed by atoms with Gasteiger partial charge in [-0.1, -0.05) is 24.3 Å². The summed E-state index contributed by atoms with van der Waals surface area (Å²) in [5, 5.41) is 3.73. The summed E-state index contributed by atoms with van der Waals surface area (Å²) in [6.07, 6.45) is 0. The summed E-state index contributed by atoms with van der Waals surface area (Å²) in [6.45, 7) is 4.03. The summed E-state index contributed by atoms with van der Waals surface area (Å²) in [7, 11) is 0. The lowest BCUT2D eigenvalue weighted by Crippen LogP contribution is -2.50. The summed E-state index contributed by atoms with van der Waals surface area (Å²) in [4.78, 5) is 38.8. The molecule has 1 saturated heterocycles. The zero-order chi connectivity index (χ0) is 24.5. The molecule has 4 aromatic rings. The first-order valence-electron chi connectivity index (χ1n) is 11.1. The van der Waals surface area contributed by atoms with Gasteiger partial charge in [-0.2, -0.15) is 0 Å². The standard InChI is InChI=1S/C25H23FN6O2S/c1-15-3-2-4-18(13-15)28-25(34)32-11-9-31(10-12-32)23-19-14-20(16-5-7-17(26)8-6-16)35-24(19)30-22(29-23)21(27)33/h2-8,13-14H,9-12H2,1H3,(H2,27,33)(H,28,34). The molecule has 0 aliphatic carbocycles. The third-order valence-electron chi connectivity index (χ3n) is 5.86. The Balaban J connectivity index is 1.38. The number of rotatable bonds is 4. The van der Waals surface area contributed by atoms with Crippen LogP contribution in [0.1, 0.15) is 16.2 Å². The van der Waals surface area contributed by atoms with E-state index in [-0.39, 0.29) is 17.7 Å². The average molecular weight is 491 g/mol. The van der Waals surface area contributed by atoms with Crippen molar-refractivity contribution in [3.63, 3.8) is 0 Å². The second-order valence-corrected chi connectivity index (χ2v) is 9.38. The largest absolute Gasteiger partial charge is 0.363 e. The fourth-order valence-corrected chi connectivity index (χ4v) is 5.09. The van der Waals surface area contributed by atoms with E-state index in [1.54, 1.807) is 17.0 Å². The monoisotopic (exact) mass is 490 g/mol. The van der Waals surface area contributed by atoms with Gasteiger partial charge in [-0.25, -0.2) is 19.2 Å². The van der Waals surface area contributed by atoms with Crippen LogP contribution in [0.4, 0.5) is 20.7 Å². The van der Waals surface area contributed by atoms with Crippen molar-refractivity contribution in [1.29, 1.82) is 0 Å². The normalized spacial score (nSPS) is 13.8. The molecule has 0 atom stereocenters. The minimum absolute atomic E-state index is 0.0559. The number of halogens is 1. The number of benzene rings is 2. The molecule has 2 aromatic carbocycles. The maximum atomic E-state index is 13.4. The number of anilines is 2. The number of urea groups is 1. The van der Waals surface area contributed by atoms with Gasteiger partial charge in [0.15, 0.2) is 0 Å². The number of piperazine rings is 1. The second kappa shape index (κ2) is 9.30. The zero-order valence-corrected chi connectivity index (χ0v) is 19.8. The van der Waals surface area contributed by atoms with E-state index in [1.165, 1.54) is 23.5 Å². The third-order valence-corrected chi connectivity index (χ3v) is 6.94. The number of carbonyl (C=O) groups excluding carboxylic acids is 2. The van der Waals surface area contributed by atoms with E-state index < -0.39 is 5.91 Å². The second-order valence-electron chi connectivity index (χ2n) is 8.35. The summed E-state index contributed by atoms with van der Waals surface area (Å²) in [6, 6.07) is 15.7. The molecule has 1 fully saturated rings. The van der Waals surface area contributed by atoms with Crippen molar-refractivity contribution in [1.82, 2.24) is 14.9 Å². The molecular weight excluding hydrogens is 467 g/mol. The van der Waals surface area contributed by atoms with Gasteiger partial charge in [-0.15, -0.1) is 11.3 Å². The highest BCUT2D eigenvalue weighted by atomic mass is 32.1. The molecule has 3 N–H and O–H groups in total. The number of thiophene rings is 1. The smallest absolute Gasteiger partial charge is 0.321 e. The SMILES string of the molecule is Cc1cccc(NC(=O)N2CCN(c3nc(C(N)=O)nc4sc(-c5ccc(F)cc5)cc34)CC2)c1. The van der Waals surface area contributed by atoms with Crippen molar-refractivity contribution in [3.8, 4) is 10.4 Å². The molecule has 3 heterocycles. The zero-order valence-electron chi connectivity index (χ0n) is 19.0. The summed E-state index contributed by atoms with van der Waals surface area (Å²) in [5.41, 5.74) is 8.18. The molecule has 0 unspecified atom stereocenters. The van der Waals surface area contributed by atoms with E-state index in [0.29, 0.717) is 36.8 Å². The Labute approximate surface area is 205 Å². The van der Waals surface area contributed by atoms with Crippen LogP contribution in [0, 0.1) is 12.7 Å². The van der Waals surface area contributed by atoms with E-state index in [0.717, 1.165) is 27.1 Å². The van der Waals surface area contributed by atoms with Crippen molar-refractivity contribution < 1.29 is 14.0 Å². The Morgan fingerprint density at radius 2 is 1.77 bits per heavy atom. The van der Waals surface area contributed by atoms with Gasteiger partial charge < -0.3 is 20.9 Å². The van der Waals surface area contributed by atoms with E-state index in [2.05, 4.69) is 15.3 Å². The number of aromatic nitrogens is 2. The molecule has 1 aliphatic heterocycles. The Morgan fingerprint density at radius 1 is 1.03 bits per heavy atom. The van der Waals surface area contributed by atoms with Gasteiger partial charge in [-0.05, 0) is 48.4 Å². The molecule has 3 amide bonds. The van der Waals surface area contributed by atoms with Crippen molar-refractivity contribution in [3.05, 3.63) is 71.8 Å². The Kier molecular flexibility index (Phi) is 6.04. The highest BCUT2D eigenvalue weighted by Gasteiger charge is 2.25. The fraction of sp³-hybridized carbons (Fsp3) is 0.200. The van der Waals surface area contributed by atoms with Crippen LogP contribution in [0.25, 0.3) is 20.7 Å². The highest BCUT2D eigenvalue weighted by molar-refractivity contribution is 7.21. The van der Waals surface area contributed by atoms with E-state index in [1.807, 2.05) is 42.2 Å². The number of amides is 3. The Bertz CT molecular complexity index is 1410. The topological polar surface area (TPSA) is 104 Å². The van der Waals surface area contributed by atoms with Crippen LogP contribution in [0.3, 0.4) is 0 Å². The number of hydrogen-bond acceptors (Lipinski definition) is 6. The fourth-order valence-electron chi connectivity index (χ4n) is 4.06. The molecule has 0 spiro atoms. The molecule has 0 saturated carbocycles. The van der Waals surface area contributed by atoms with Gasteiger partial charge >= 0.3 is 6.03 Å². The minimum atomic E-state index is -0.707. The van der Waals surface area contributed by atoms with Gasteiger partial charge in [0.1, 0.15) is 16.5 Å². The predicted octanol–water partition coefficient (Wildman–Crippen LogP) is 4.26. The lowest BCUT2D eigenvalue weighted by Gasteiger charge is -2.35. The number of fused-ring (bicyclic) bond motifs is 1. The van der Waals surface area contributed by atoms with Crippen LogP contribution in [-0.2, 0) is 0 Å². The highest BCUT2D eigenvalue weighted by Crippen LogP contribution is 2.37. The molecule has 35 heavy (non-hydrogen) atoms. The van der Waals surface area contributed by atoms with Gasteiger partial charge in [0.2, 0.25) is 5.82 Å². The molecule has 5 rings (SSSR count). The molecule has 10 heteroatoms. The van der Waals surface area contributed by atoms with Crippen LogP contribution in [0.2, 0.25) is 0 Å². The lowest BCUT2D eigenvalue weighted by molar-refractivity contribution is 0.0991. The molecular formula is C25H23FN6O2S. The van der Waals surface area contributed by atoms with Crippen LogP contribution in [0.5, 0.6) is 0 Å². The number of nitrogens with two attached hydrogens (primary N) is 1. The molecule has 0 bridgehead atoms. The van der Waals surface area contributed by atoms with Crippen molar-refractivity contribution in [2.45, 2.75) is 6.92 Å². The first-order valence-corrected chi connectivity index (χ1v) is 11.9. The Morgan fingerprint density at radius 3 is 2.46 bits per heavy atom. The molecule has 2 aromatic heterocycles. The van der Waals surface area contributed by atoms with Gasteiger partial charge in [0.25, 0.3) is 5.91 Å². The predicted molar refractivity (Wildman–Crippen MR) is 135 cm³/mol. The van der Waals surface area contributed by atoms with Crippen LogP contribution in [-0.4, -0.2) is 53.0 Å². The Hall–Kier alpha value is -4.05. The lowest BCUT2D eigenvalue weighted by atomic mass is 10.1. The summed E-state index contributed by atoms with van der Waals surface area (Å²) < 4.78 is 13.4. The number of nitrogens with one attached hydrogen (secondary N) is 1. The van der Waals surface area contributed by atoms with Crippen molar-refractivity contribution in [2.75, 3.05) is 36.4 Å². The molecule has 1 aliphatic rings. The van der Waals surface area contributed by atoms with Crippen molar-refractivity contribution in [2.24, 2.45) is 5.73 Å². The van der Waals surface area contributed by atoms with Crippen LogP contribution in [0.15, 0.2) is 54.6 Å². The molecule has 0 radical (unpaired) electrons.